The summed E-state index contributed by atoms with van der Waals surface area (Å²) >= 11 is 1.38. The van der Waals surface area contributed by atoms with Gasteiger partial charge in [0.2, 0.25) is 5.91 Å². The molecule has 0 unspecified atom stereocenters. The molecule has 0 saturated heterocycles. The van der Waals surface area contributed by atoms with Crippen LogP contribution in [0.25, 0.3) is 0 Å². The first-order valence-electron chi connectivity index (χ1n) is 8.10. The zero-order valence-corrected chi connectivity index (χ0v) is 14.0. The molecule has 0 fully saturated rings. The summed E-state index contributed by atoms with van der Waals surface area (Å²) in [5.41, 5.74) is 6.84. The van der Waals surface area contributed by atoms with Crippen molar-refractivity contribution < 1.29 is 19.5 Å². The molecular formula is C17H19N2O4S-. The third-order valence-electron chi connectivity index (χ3n) is 4.73. The monoisotopic (exact) mass is 347 g/mol. The third kappa shape index (κ3) is 3.08. The molecule has 1 heterocycles. The Labute approximate surface area is 143 Å². The highest BCUT2D eigenvalue weighted by molar-refractivity contribution is 7.17. The van der Waals surface area contributed by atoms with E-state index < -0.39 is 29.6 Å². The van der Waals surface area contributed by atoms with Gasteiger partial charge in [-0.15, -0.1) is 11.3 Å². The average molecular weight is 347 g/mol. The molecule has 6 nitrogen and oxygen atoms in total. The van der Waals surface area contributed by atoms with Gasteiger partial charge in [-0.1, -0.05) is 12.2 Å². The number of hydrogen-bond donors (Lipinski definition) is 2. The molecular weight excluding hydrogens is 328 g/mol. The number of fused-ring (bicyclic) bond motifs is 1. The van der Waals surface area contributed by atoms with Gasteiger partial charge in [-0.2, -0.15) is 0 Å². The van der Waals surface area contributed by atoms with Crippen LogP contribution in [0.3, 0.4) is 0 Å². The van der Waals surface area contributed by atoms with Crippen LogP contribution < -0.4 is 16.2 Å². The van der Waals surface area contributed by atoms with Crippen molar-refractivity contribution >= 4 is 34.1 Å². The second-order valence-electron chi connectivity index (χ2n) is 6.24. The van der Waals surface area contributed by atoms with Gasteiger partial charge in [-0.3, -0.25) is 9.59 Å². The van der Waals surface area contributed by atoms with Crippen LogP contribution in [-0.2, 0) is 22.4 Å². The Morgan fingerprint density at radius 3 is 2.46 bits per heavy atom. The van der Waals surface area contributed by atoms with Crippen LogP contribution in [-0.4, -0.2) is 17.8 Å². The van der Waals surface area contributed by atoms with Gasteiger partial charge in [0, 0.05) is 16.8 Å². The molecule has 2 amide bonds. The number of nitrogens with two attached hydrogens (primary N) is 1. The van der Waals surface area contributed by atoms with Crippen LogP contribution in [0, 0.1) is 11.8 Å². The molecule has 2 aliphatic carbocycles. The lowest BCUT2D eigenvalue weighted by molar-refractivity contribution is -0.313. The van der Waals surface area contributed by atoms with Crippen LogP contribution in [0.15, 0.2) is 12.2 Å². The zero-order chi connectivity index (χ0) is 17.3. The van der Waals surface area contributed by atoms with E-state index in [-0.39, 0.29) is 6.42 Å². The highest BCUT2D eigenvalue weighted by Crippen LogP contribution is 2.38. The van der Waals surface area contributed by atoms with Crippen molar-refractivity contribution in [2.75, 3.05) is 5.32 Å². The Balaban J connectivity index is 1.86. The van der Waals surface area contributed by atoms with E-state index in [2.05, 4.69) is 5.32 Å². The fourth-order valence-electron chi connectivity index (χ4n) is 3.48. The molecule has 0 spiro atoms. The van der Waals surface area contributed by atoms with Crippen LogP contribution in [0.1, 0.15) is 46.5 Å². The summed E-state index contributed by atoms with van der Waals surface area (Å²) in [6.45, 7) is 0. The standard InChI is InChI=1S/C17H20N2O4S/c18-14(20)13-11-7-3-4-8-12(11)24-16(13)19-15(21)9-5-1-2-6-10(9)17(22)23/h1-2,9-10H,3-8H2,(H2,18,20)(H,19,21)(H,22,23)/p-1/t9-,10+/m0/s1. The minimum Gasteiger partial charge on any atom is -0.550 e. The van der Waals surface area contributed by atoms with E-state index in [1.54, 1.807) is 12.2 Å². The van der Waals surface area contributed by atoms with Crippen molar-refractivity contribution in [3.05, 3.63) is 28.2 Å². The summed E-state index contributed by atoms with van der Waals surface area (Å²) in [5.74, 6) is -3.71. The molecule has 0 saturated carbocycles. The Bertz CT molecular complexity index is 722. The first kappa shape index (κ1) is 16.7. The van der Waals surface area contributed by atoms with Gasteiger partial charge >= 0.3 is 0 Å². The molecule has 0 aliphatic heterocycles. The molecule has 1 aromatic rings. The molecule has 0 bridgehead atoms. The molecule has 24 heavy (non-hydrogen) atoms. The van der Waals surface area contributed by atoms with E-state index in [0.717, 1.165) is 36.1 Å². The van der Waals surface area contributed by atoms with Gasteiger partial charge in [0.15, 0.2) is 0 Å². The van der Waals surface area contributed by atoms with Crippen molar-refractivity contribution in [3.63, 3.8) is 0 Å². The molecule has 128 valence electrons. The second kappa shape index (κ2) is 6.76. The van der Waals surface area contributed by atoms with Crippen LogP contribution in [0.4, 0.5) is 5.00 Å². The zero-order valence-electron chi connectivity index (χ0n) is 13.2. The predicted octanol–water partition coefficient (Wildman–Crippen LogP) is 0.997. The van der Waals surface area contributed by atoms with Gasteiger partial charge in [0.1, 0.15) is 5.00 Å². The number of carboxylic acid groups (broad SMARTS) is 1. The summed E-state index contributed by atoms with van der Waals surface area (Å²) in [4.78, 5) is 36.8. The summed E-state index contributed by atoms with van der Waals surface area (Å²) in [6, 6.07) is 0. The number of thiophene rings is 1. The number of allylic oxidation sites excluding steroid dienone is 2. The fraction of sp³-hybridized carbons (Fsp3) is 0.471. The Morgan fingerprint density at radius 1 is 1.12 bits per heavy atom. The lowest BCUT2D eigenvalue weighted by Gasteiger charge is -2.28. The molecule has 7 heteroatoms. The van der Waals surface area contributed by atoms with Crippen molar-refractivity contribution in [1.29, 1.82) is 0 Å². The fourth-order valence-corrected chi connectivity index (χ4v) is 4.78. The van der Waals surface area contributed by atoms with Crippen molar-refractivity contribution in [2.45, 2.75) is 38.5 Å². The number of aliphatic carboxylic acids is 1. The highest BCUT2D eigenvalue weighted by atomic mass is 32.1. The number of hydrogen-bond acceptors (Lipinski definition) is 5. The number of anilines is 1. The Kier molecular flexibility index (Phi) is 4.71. The Hall–Kier alpha value is -2.15. The van der Waals surface area contributed by atoms with E-state index in [9.17, 15) is 19.5 Å². The lowest BCUT2D eigenvalue weighted by Crippen LogP contribution is -2.41. The smallest absolute Gasteiger partial charge is 0.251 e. The van der Waals surface area contributed by atoms with Crippen LogP contribution in [0.5, 0.6) is 0 Å². The maximum Gasteiger partial charge on any atom is 0.251 e. The van der Waals surface area contributed by atoms with Gasteiger partial charge in [-0.25, -0.2) is 0 Å². The predicted molar refractivity (Wildman–Crippen MR) is 88.5 cm³/mol. The van der Waals surface area contributed by atoms with E-state index in [1.807, 2.05) is 0 Å². The molecule has 0 aromatic carbocycles. The lowest BCUT2D eigenvalue weighted by atomic mass is 9.82. The van der Waals surface area contributed by atoms with E-state index in [0.29, 0.717) is 17.0 Å². The maximum atomic E-state index is 12.6. The number of carbonyl (C=O) groups is 3. The van der Waals surface area contributed by atoms with Gasteiger partial charge < -0.3 is 21.0 Å². The Morgan fingerprint density at radius 2 is 1.79 bits per heavy atom. The summed E-state index contributed by atoms with van der Waals surface area (Å²) in [6.07, 6.45) is 7.90. The maximum absolute atomic E-state index is 12.6. The second-order valence-corrected chi connectivity index (χ2v) is 7.35. The van der Waals surface area contributed by atoms with E-state index in [4.69, 9.17) is 5.73 Å². The number of carboxylic acids is 1. The molecule has 2 aliphatic rings. The quantitative estimate of drug-likeness (QED) is 0.791. The van der Waals surface area contributed by atoms with Gasteiger partial charge in [0.25, 0.3) is 5.91 Å². The first-order chi connectivity index (χ1) is 11.5. The van der Waals surface area contributed by atoms with Crippen molar-refractivity contribution in [1.82, 2.24) is 0 Å². The SMILES string of the molecule is NC(=O)c1c(NC(=O)[C@H]2CC=CC[C@H]2C(=O)[O-])sc2c1CCCC2. The van der Waals surface area contributed by atoms with Crippen LogP contribution in [0.2, 0.25) is 0 Å². The molecule has 3 rings (SSSR count). The largest absolute Gasteiger partial charge is 0.550 e. The number of rotatable bonds is 4. The highest BCUT2D eigenvalue weighted by Gasteiger charge is 2.32. The van der Waals surface area contributed by atoms with Gasteiger partial charge in [-0.05, 0) is 44.1 Å². The molecule has 2 atom stereocenters. The molecule has 1 aromatic heterocycles. The number of amides is 2. The van der Waals surface area contributed by atoms with E-state index >= 15 is 0 Å². The summed E-state index contributed by atoms with van der Waals surface area (Å²) in [7, 11) is 0. The third-order valence-corrected chi connectivity index (χ3v) is 5.93. The topological polar surface area (TPSA) is 112 Å². The number of nitrogens with one attached hydrogen (secondary N) is 1. The average Bonchev–Trinajstić information content (AvgIpc) is 2.92. The number of primary amides is 1. The molecule has 3 N–H and O–H groups in total. The van der Waals surface area contributed by atoms with Crippen LogP contribution >= 0.6 is 11.3 Å². The van der Waals surface area contributed by atoms with Gasteiger partial charge in [0.05, 0.1) is 11.5 Å². The summed E-state index contributed by atoms with van der Waals surface area (Å²) < 4.78 is 0. The molecule has 0 radical (unpaired) electrons. The normalized spacial score (nSPS) is 22.7. The number of aryl methyl sites for hydroxylation is 1. The van der Waals surface area contributed by atoms with Crippen molar-refractivity contribution in [2.24, 2.45) is 17.6 Å². The van der Waals surface area contributed by atoms with Crippen molar-refractivity contribution in [3.8, 4) is 0 Å². The van der Waals surface area contributed by atoms with E-state index in [1.165, 1.54) is 11.3 Å². The summed E-state index contributed by atoms with van der Waals surface area (Å²) in [5, 5.41) is 14.5. The minimum absolute atomic E-state index is 0.282. The minimum atomic E-state index is -1.22. The first-order valence-corrected chi connectivity index (χ1v) is 8.91. The number of carbonyl (C=O) groups excluding carboxylic acids is 3.